The van der Waals surface area contributed by atoms with Gasteiger partial charge in [0, 0.05) is 29.9 Å². The number of aryl methyl sites for hydroxylation is 4. The maximum absolute atomic E-state index is 13.3. The topological polar surface area (TPSA) is 85.8 Å². The lowest BCUT2D eigenvalue weighted by atomic mass is 10.1. The summed E-state index contributed by atoms with van der Waals surface area (Å²) < 4.78 is 7.48. The summed E-state index contributed by atoms with van der Waals surface area (Å²) in [6, 6.07) is 9.46. The summed E-state index contributed by atoms with van der Waals surface area (Å²) in [6.45, 7) is 5.71. The normalized spacial score (nSPS) is 13.7. The molecular weight excluding hydrogens is 378 g/mol. The third kappa shape index (κ3) is 3.16. The Morgan fingerprint density at radius 2 is 1.93 bits per heavy atom. The molecule has 0 aliphatic heterocycles. The van der Waals surface area contributed by atoms with E-state index in [1.54, 1.807) is 4.68 Å². The lowest BCUT2D eigenvalue weighted by molar-refractivity contribution is 0.102. The van der Waals surface area contributed by atoms with Crippen molar-refractivity contribution in [2.24, 2.45) is 7.05 Å². The number of benzene rings is 1. The highest BCUT2D eigenvalue weighted by molar-refractivity contribution is 6.12. The van der Waals surface area contributed by atoms with E-state index >= 15 is 0 Å². The van der Waals surface area contributed by atoms with Crippen LogP contribution in [0, 0.1) is 20.8 Å². The maximum atomic E-state index is 13.3. The van der Waals surface area contributed by atoms with Gasteiger partial charge in [-0.3, -0.25) is 9.48 Å². The molecule has 3 aromatic heterocycles. The number of pyridine rings is 1. The van der Waals surface area contributed by atoms with Crippen LogP contribution in [0.1, 0.15) is 52.0 Å². The van der Waals surface area contributed by atoms with E-state index in [4.69, 9.17) is 9.40 Å². The van der Waals surface area contributed by atoms with Crippen molar-refractivity contribution in [3.8, 4) is 11.5 Å². The predicted molar refractivity (Wildman–Crippen MR) is 115 cm³/mol. The number of amides is 1. The number of nitrogens with zero attached hydrogens (tertiary/aromatic N) is 4. The summed E-state index contributed by atoms with van der Waals surface area (Å²) in [5, 5.41) is 8.31. The number of carbonyl (C=O) groups excluding carboxylic acids is 1. The van der Waals surface area contributed by atoms with Gasteiger partial charge in [-0.2, -0.15) is 5.10 Å². The van der Waals surface area contributed by atoms with Crippen LogP contribution in [0.2, 0.25) is 0 Å². The number of rotatable bonds is 4. The molecule has 1 aromatic carbocycles. The molecule has 1 N–H and O–H groups in total. The van der Waals surface area contributed by atoms with Crippen LogP contribution in [-0.4, -0.2) is 25.7 Å². The van der Waals surface area contributed by atoms with Crippen molar-refractivity contribution in [2.75, 3.05) is 5.32 Å². The fraction of sp³-hybridized carbons (Fsp3) is 0.304. The molecule has 4 aromatic rings. The van der Waals surface area contributed by atoms with Gasteiger partial charge in [0.05, 0.1) is 22.3 Å². The van der Waals surface area contributed by atoms with Crippen LogP contribution in [0.4, 0.5) is 5.69 Å². The molecule has 0 radical (unpaired) electrons. The van der Waals surface area contributed by atoms with Gasteiger partial charge >= 0.3 is 0 Å². The first-order valence-electron chi connectivity index (χ1n) is 10.1. The number of oxazole rings is 1. The van der Waals surface area contributed by atoms with E-state index in [9.17, 15) is 4.79 Å². The Morgan fingerprint density at radius 3 is 2.63 bits per heavy atom. The molecule has 1 amide bonds. The van der Waals surface area contributed by atoms with Crippen molar-refractivity contribution in [2.45, 2.75) is 39.5 Å². The summed E-state index contributed by atoms with van der Waals surface area (Å²) in [6.07, 6.45) is 2.24. The standard InChI is InChI=1S/C23H23N5O2/c1-12-14(3)30-23(24-12)16-6-5-7-17(10-16)25-22(29)18-11-19(15-8-9-15)26-21-20(18)13(2)27-28(21)4/h5-7,10-11,15H,8-9H2,1-4H3,(H,25,29). The van der Waals surface area contributed by atoms with Gasteiger partial charge in [0.25, 0.3) is 5.91 Å². The molecule has 3 heterocycles. The molecule has 7 heteroatoms. The summed E-state index contributed by atoms with van der Waals surface area (Å²) in [5.74, 6) is 1.61. The van der Waals surface area contributed by atoms with E-state index in [-0.39, 0.29) is 5.91 Å². The first kappa shape index (κ1) is 18.5. The van der Waals surface area contributed by atoms with Gasteiger partial charge in [-0.15, -0.1) is 0 Å². The molecule has 0 atom stereocenters. The molecule has 1 aliphatic rings. The lowest BCUT2D eigenvalue weighted by Crippen LogP contribution is -2.13. The third-order valence-electron chi connectivity index (χ3n) is 5.62. The van der Waals surface area contributed by atoms with Crippen molar-refractivity contribution in [1.82, 2.24) is 19.7 Å². The summed E-state index contributed by atoms with van der Waals surface area (Å²) in [5.41, 5.74) is 5.49. The highest BCUT2D eigenvalue weighted by Crippen LogP contribution is 2.40. The highest BCUT2D eigenvalue weighted by Gasteiger charge is 2.28. The zero-order valence-electron chi connectivity index (χ0n) is 17.5. The molecule has 5 rings (SSSR count). The third-order valence-corrected chi connectivity index (χ3v) is 5.62. The molecular formula is C23H23N5O2. The summed E-state index contributed by atoms with van der Waals surface area (Å²) in [4.78, 5) is 22.5. The Bertz CT molecular complexity index is 1280. The number of carbonyl (C=O) groups is 1. The molecule has 1 saturated carbocycles. The monoisotopic (exact) mass is 401 g/mol. The van der Waals surface area contributed by atoms with E-state index < -0.39 is 0 Å². The van der Waals surface area contributed by atoms with E-state index in [0.29, 0.717) is 23.1 Å². The highest BCUT2D eigenvalue weighted by atomic mass is 16.4. The average Bonchev–Trinajstić information content (AvgIpc) is 3.46. The number of nitrogens with one attached hydrogen (secondary N) is 1. The van der Waals surface area contributed by atoms with Crippen LogP contribution >= 0.6 is 0 Å². The Morgan fingerprint density at radius 1 is 1.13 bits per heavy atom. The number of aromatic nitrogens is 4. The minimum absolute atomic E-state index is 0.169. The minimum Gasteiger partial charge on any atom is -0.441 e. The zero-order chi connectivity index (χ0) is 21.0. The maximum Gasteiger partial charge on any atom is 0.256 e. The van der Waals surface area contributed by atoms with Crippen molar-refractivity contribution in [1.29, 1.82) is 0 Å². The minimum atomic E-state index is -0.169. The molecule has 0 unspecified atom stereocenters. The van der Waals surface area contributed by atoms with Gasteiger partial charge in [0.15, 0.2) is 5.65 Å². The first-order chi connectivity index (χ1) is 14.4. The Balaban J connectivity index is 1.51. The summed E-state index contributed by atoms with van der Waals surface area (Å²) >= 11 is 0. The van der Waals surface area contributed by atoms with Gasteiger partial charge in [-0.1, -0.05) is 6.07 Å². The molecule has 152 valence electrons. The molecule has 7 nitrogen and oxygen atoms in total. The van der Waals surface area contributed by atoms with Crippen molar-refractivity contribution < 1.29 is 9.21 Å². The van der Waals surface area contributed by atoms with Crippen LogP contribution in [-0.2, 0) is 7.05 Å². The van der Waals surface area contributed by atoms with E-state index in [2.05, 4.69) is 15.4 Å². The Hall–Kier alpha value is -3.48. The van der Waals surface area contributed by atoms with Gasteiger partial charge in [-0.25, -0.2) is 9.97 Å². The number of hydrogen-bond donors (Lipinski definition) is 1. The zero-order valence-corrected chi connectivity index (χ0v) is 17.5. The predicted octanol–water partition coefficient (Wildman–Crippen LogP) is 4.68. The average molecular weight is 401 g/mol. The largest absolute Gasteiger partial charge is 0.441 e. The van der Waals surface area contributed by atoms with E-state index in [1.807, 2.05) is 58.2 Å². The number of fused-ring (bicyclic) bond motifs is 1. The molecule has 1 aliphatic carbocycles. The molecule has 0 saturated heterocycles. The Labute approximate surface area is 174 Å². The lowest BCUT2D eigenvalue weighted by Gasteiger charge is -2.09. The van der Waals surface area contributed by atoms with Crippen LogP contribution in [0.15, 0.2) is 34.7 Å². The first-order valence-corrected chi connectivity index (χ1v) is 10.1. The van der Waals surface area contributed by atoms with Crippen LogP contribution in [0.5, 0.6) is 0 Å². The van der Waals surface area contributed by atoms with Crippen molar-refractivity contribution >= 4 is 22.6 Å². The van der Waals surface area contributed by atoms with Crippen LogP contribution < -0.4 is 5.32 Å². The molecule has 0 bridgehead atoms. The second-order valence-electron chi connectivity index (χ2n) is 7.97. The second kappa shape index (κ2) is 6.79. The molecule has 30 heavy (non-hydrogen) atoms. The quantitative estimate of drug-likeness (QED) is 0.537. The van der Waals surface area contributed by atoms with Crippen molar-refractivity contribution in [3.63, 3.8) is 0 Å². The van der Waals surface area contributed by atoms with Gasteiger partial charge in [0.2, 0.25) is 5.89 Å². The molecule has 1 fully saturated rings. The molecule has 0 spiro atoms. The van der Waals surface area contributed by atoms with Gasteiger partial charge < -0.3 is 9.73 Å². The van der Waals surface area contributed by atoms with E-state index in [1.165, 1.54) is 0 Å². The SMILES string of the molecule is Cc1nc(-c2cccc(NC(=O)c3cc(C4CC4)nc4c3c(C)nn4C)c2)oc1C. The smallest absolute Gasteiger partial charge is 0.256 e. The number of hydrogen-bond acceptors (Lipinski definition) is 5. The van der Waals surface area contributed by atoms with Crippen LogP contribution in [0.3, 0.4) is 0 Å². The Kier molecular flexibility index (Phi) is 4.20. The van der Waals surface area contributed by atoms with Gasteiger partial charge in [0.1, 0.15) is 5.76 Å². The van der Waals surface area contributed by atoms with E-state index in [0.717, 1.165) is 52.3 Å². The number of anilines is 1. The van der Waals surface area contributed by atoms with Crippen molar-refractivity contribution in [3.05, 3.63) is 58.7 Å². The summed E-state index contributed by atoms with van der Waals surface area (Å²) in [7, 11) is 1.87. The fourth-order valence-electron chi connectivity index (χ4n) is 3.76. The fourth-order valence-corrected chi connectivity index (χ4v) is 3.76. The van der Waals surface area contributed by atoms with Gasteiger partial charge in [-0.05, 0) is 57.9 Å². The van der Waals surface area contributed by atoms with Crippen LogP contribution in [0.25, 0.3) is 22.5 Å². The second-order valence-corrected chi connectivity index (χ2v) is 7.97.